The Balaban J connectivity index is 1.59. The zero-order valence-corrected chi connectivity index (χ0v) is 18.1. The number of rotatable bonds is 5. The first-order chi connectivity index (χ1) is 15.2. The number of carbonyl (C=O) groups is 1. The minimum Gasteiger partial charge on any atom is -0.423 e. The third-order valence-electron chi connectivity index (χ3n) is 4.72. The van der Waals surface area contributed by atoms with Crippen LogP contribution in [0.15, 0.2) is 72.8 Å². The molecule has 0 heterocycles. The summed E-state index contributed by atoms with van der Waals surface area (Å²) >= 11 is 0. The van der Waals surface area contributed by atoms with Gasteiger partial charge in [-0.15, -0.1) is 0 Å². The van der Waals surface area contributed by atoms with E-state index in [2.05, 4.69) is 30.6 Å². The minimum atomic E-state index is -0.355. The molecule has 2 heteroatoms. The molecular weight excluding hydrogens is 380 g/mol. The molecule has 0 atom stereocenters. The van der Waals surface area contributed by atoms with Crippen molar-refractivity contribution in [2.24, 2.45) is 0 Å². The SMILES string of the molecule is CCC#Cc1ccc(C#Cc2ccc(OC(=O)c3ccc(CCCC)cc3)cc2)cc1. The summed E-state index contributed by atoms with van der Waals surface area (Å²) in [6.07, 6.45) is 4.19. The molecule has 0 aliphatic heterocycles. The average Bonchev–Trinajstić information content (AvgIpc) is 2.82. The van der Waals surface area contributed by atoms with Crippen molar-refractivity contribution in [1.29, 1.82) is 0 Å². The fourth-order valence-electron chi connectivity index (χ4n) is 2.93. The molecule has 0 fully saturated rings. The zero-order chi connectivity index (χ0) is 21.9. The van der Waals surface area contributed by atoms with Gasteiger partial charge in [0.05, 0.1) is 5.56 Å². The molecule has 2 nitrogen and oxygen atoms in total. The van der Waals surface area contributed by atoms with E-state index in [0.717, 1.165) is 42.4 Å². The maximum absolute atomic E-state index is 12.4. The second-order valence-electron chi connectivity index (χ2n) is 7.20. The molecule has 0 unspecified atom stereocenters. The number of carbonyl (C=O) groups excluding carboxylic acids is 1. The lowest BCUT2D eigenvalue weighted by atomic mass is 10.1. The fraction of sp³-hybridized carbons (Fsp3) is 0.207. The standard InChI is InChI=1S/C29H26O2/c1-3-5-7-23-9-11-25(12-10-23)13-14-26-17-21-28(22-18-26)31-29(30)27-19-15-24(16-20-27)8-6-4-2/h9-12,15-22H,3-4,6,8H2,1-2H3. The van der Waals surface area contributed by atoms with Gasteiger partial charge in [0, 0.05) is 23.1 Å². The Labute approximate surface area is 185 Å². The van der Waals surface area contributed by atoms with Crippen LogP contribution in [0, 0.1) is 23.7 Å². The molecule has 0 radical (unpaired) electrons. The van der Waals surface area contributed by atoms with Gasteiger partial charge in [0.15, 0.2) is 0 Å². The topological polar surface area (TPSA) is 26.3 Å². The first-order valence-electron chi connectivity index (χ1n) is 10.7. The van der Waals surface area contributed by atoms with E-state index in [1.807, 2.05) is 67.6 Å². The van der Waals surface area contributed by atoms with Crippen molar-refractivity contribution in [3.05, 3.63) is 101 Å². The van der Waals surface area contributed by atoms with Crippen LogP contribution in [0.4, 0.5) is 0 Å². The van der Waals surface area contributed by atoms with Crippen LogP contribution in [0.25, 0.3) is 0 Å². The minimum absolute atomic E-state index is 0.355. The third-order valence-corrected chi connectivity index (χ3v) is 4.72. The molecule has 0 saturated carbocycles. The summed E-state index contributed by atoms with van der Waals surface area (Å²) in [7, 11) is 0. The highest BCUT2D eigenvalue weighted by molar-refractivity contribution is 5.91. The van der Waals surface area contributed by atoms with E-state index in [1.54, 1.807) is 12.1 Å². The quantitative estimate of drug-likeness (QED) is 0.278. The summed E-state index contributed by atoms with van der Waals surface area (Å²) in [5, 5.41) is 0. The molecule has 0 saturated heterocycles. The van der Waals surface area contributed by atoms with Crippen LogP contribution in [-0.2, 0) is 6.42 Å². The highest BCUT2D eigenvalue weighted by atomic mass is 16.5. The second-order valence-corrected chi connectivity index (χ2v) is 7.20. The predicted octanol–water partition coefficient (Wildman–Crippen LogP) is 6.41. The molecule has 3 aromatic rings. The van der Waals surface area contributed by atoms with Crippen molar-refractivity contribution in [3.8, 4) is 29.4 Å². The maximum atomic E-state index is 12.4. The highest BCUT2D eigenvalue weighted by Crippen LogP contribution is 2.15. The molecular formula is C29H26O2. The van der Waals surface area contributed by atoms with Crippen molar-refractivity contribution in [1.82, 2.24) is 0 Å². The Hall–Kier alpha value is -3.75. The molecule has 154 valence electrons. The molecule has 0 spiro atoms. The van der Waals surface area contributed by atoms with Gasteiger partial charge in [-0.05, 0) is 79.1 Å². The van der Waals surface area contributed by atoms with Crippen LogP contribution >= 0.6 is 0 Å². The molecule has 0 bridgehead atoms. The number of benzene rings is 3. The normalized spacial score (nSPS) is 9.74. The molecule has 0 aromatic heterocycles. The van der Waals surface area contributed by atoms with Crippen LogP contribution < -0.4 is 4.74 Å². The third kappa shape index (κ3) is 6.91. The first kappa shape index (κ1) is 21.9. The lowest BCUT2D eigenvalue weighted by Gasteiger charge is -2.05. The van der Waals surface area contributed by atoms with Crippen LogP contribution in [0.1, 0.15) is 65.7 Å². The molecule has 0 N–H and O–H groups in total. The van der Waals surface area contributed by atoms with Gasteiger partial charge >= 0.3 is 5.97 Å². The van der Waals surface area contributed by atoms with Crippen molar-refractivity contribution < 1.29 is 9.53 Å². The van der Waals surface area contributed by atoms with Crippen LogP contribution in [-0.4, -0.2) is 5.97 Å². The van der Waals surface area contributed by atoms with Crippen molar-refractivity contribution in [3.63, 3.8) is 0 Å². The second kappa shape index (κ2) is 11.4. The van der Waals surface area contributed by atoms with E-state index in [4.69, 9.17) is 4.74 Å². The van der Waals surface area contributed by atoms with Gasteiger partial charge in [0.1, 0.15) is 5.75 Å². The fourth-order valence-corrected chi connectivity index (χ4v) is 2.93. The van der Waals surface area contributed by atoms with Crippen LogP contribution in [0.3, 0.4) is 0 Å². The molecule has 3 aromatic carbocycles. The monoisotopic (exact) mass is 406 g/mol. The lowest BCUT2D eigenvalue weighted by Crippen LogP contribution is -2.08. The number of hydrogen-bond acceptors (Lipinski definition) is 2. The number of hydrogen-bond donors (Lipinski definition) is 0. The summed E-state index contributed by atoms with van der Waals surface area (Å²) in [4.78, 5) is 12.4. The highest BCUT2D eigenvalue weighted by Gasteiger charge is 2.08. The number of aryl methyl sites for hydroxylation is 1. The summed E-state index contributed by atoms with van der Waals surface area (Å²) in [5.41, 5.74) is 4.57. The maximum Gasteiger partial charge on any atom is 0.343 e. The first-order valence-corrected chi connectivity index (χ1v) is 10.7. The van der Waals surface area contributed by atoms with E-state index in [9.17, 15) is 4.79 Å². The Kier molecular flexibility index (Phi) is 8.10. The molecule has 31 heavy (non-hydrogen) atoms. The van der Waals surface area contributed by atoms with Gasteiger partial charge in [-0.3, -0.25) is 0 Å². The largest absolute Gasteiger partial charge is 0.423 e. The van der Waals surface area contributed by atoms with Gasteiger partial charge in [0.2, 0.25) is 0 Å². The van der Waals surface area contributed by atoms with Crippen molar-refractivity contribution in [2.75, 3.05) is 0 Å². The van der Waals surface area contributed by atoms with E-state index in [-0.39, 0.29) is 5.97 Å². The summed E-state index contributed by atoms with van der Waals surface area (Å²) in [5.74, 6) is 12.6. The van der Waals surface area contributed by atoms with Gasteiger partial charge in [-0.25, -0.2) is 4.79 Å². The van der Waals surface area contributed by atoms with Gasteiger partial charge in [0.25, 0.3) is 0 Å². The Bertz CT molecular complexity index is 1110. The Morgan fingerprint density at radius 3 is 1.84 bits per heavy atom. The van der Waals surface area contributed by atoms with E-state index in [0.29, 0.717) is 11.3 Å². The summed E-state index contributed by atoms with van der Waals surface area (Å²) < 4.78 is 5.48. The number of ether oxygens (including phenoxy) is 1. The van der Waals surface area contributed by atoms with Gasteiger partial charge < -0.3 is 4.74 Å². The molecule has 0 aliphatic carbocycles. The predicted molar refractivity (Wildman–Crippen MR) is 126 cm³/mol. The number of unbranched alkanes of at least 4 members (excludes halogenated alkanes) is 1. The van der Waals surface area contributed by atoms with Crippen molar-refractivity contribution >= 4 is 5.97 Å². The van der Waals surface area contributed by atoms with Crippen LogP contribution in [0.2, 0.25) is 0 Å². The summed E-state index contributed by atoms with van der Waals surface area (Å²) in [6, 6.07) is 22.8. The zero-order valence-electron chi connectivity index (χ0n) is 18.1. The lowest BCUT2D eigenvalue weighted by molar-refractivity contribution is 0.0734. The van der Waals surface area contributed by atoms with Gasteiger partial charge in [-0.1, -0.05) is 56.1 Å². The average molecular weight is 407 g/mol. The van der Waals surface area contributed by atoms with E-state index in [1.165, 1.54) is 5.56 Å². The summed E-state index contributed by atoms with van der Waals surface area (Å²) in [6.45, 7) is 4.20. The van der Waals surface area contributed by atoms with E-state index < -0.39 is 0 Å². The molecule has 0 amide bonds. The molecule has 3 rings (SSSR count). The van der Waals surface area contributed by atoms with Gasteiger partial charge in [-0.2, -0.15) is 0 Å². The van der Waals surface area contributed by atoms with Crippen molar-refractivity contribution in [2.45, 2.75) is 39.5 Å². The van der Waals surface area contributed by atoms with Crippen LogP contribution in [0.5, 0.6) is 5.75 Å². The number of esters is 1. The Morgan fingerprint density at radius 1 is 0.742 bits per heavy atom. The van der Waals surface area contributed by atoms with E-state index >= 15 is 0 Å². The Morgan fingerprint density at radius 2 is 1.29 bits per heavy atom. The smallest absolute Gasteiger partial charge is 0.343 e. The molecule has 0 aliphatic rings.